The van der Waals surface area contributed by atoms with E-state index in [2.05, 4.69) is 5.32 Å². The molecule has 1 aliphatic heterocycles. The van der Waals surface area contributed by atoms with E-state index < -0.39 is 17.8 Å². The molecule has 0 spiro atoms. The number of nitrogens with one attached hydrogen (secondary N) is 1. The van der Waals surface area contributed by atoms with Crippen LogP contribution in [-0.4, -0.2) is 11.0 Å². The lowest BCUT2D eigenvalue weighted by Gasteiger charge is -1.98. The van der Waals surface area contributed by atoms with Crippen molar-refractivity contribution in [3.05, 3.63) is 29.6 Å². The van der Waals surface area contributed by atoms with Gasteiger partial charge < -0.3 is 10.4 Å². The molecule has 0 fully saturated rings. The van der Waals surface area contributed by atoms with Crippen LogP contribution < -0.4 is 5.32 Å². The lowest BCUT2D eigenvalue weighted by molar-refractivity contribution is -0.123. The molecule has 62 valence electrons. The van der Waals surface area contributed by atoms with Crippen molar-refractivity contribution in [1.82, 2.24) is 0 Å². The summed E-state index contributed by atoms with van der Waals surface area (Å²) in [6.45, 7) is 0. The third-order valence-electron chi connectivity index (χ3n) is 1.84. The topological polar surface area (TPSA) is 49.3 Å². The van der Waals surface area contributed by atoms with E-state index >= 15 is 0 Å². The normalized spacial score (nSPS) is 20.5. The number of hydrogen-bond acceptors (Lipinski definition) is 2. The molecule has 2 rings (SSSR count). The summed E-state index contributed by atoms with van der Waals surface area (Å²) in [6, 6.07) is 4.20. The van der Waals surface area contributed by atoms with Crippen LogP contribution in [0.4, 0.5) is 10.1 Å². The van der Waals surface area contributed by atoms with Gasteiger partial charge in [0.05, 0.1) is 5.69 Å². The summed E-state index contributed by atoms with van der Waals surface area (Å²) < 4.78 is 12.9. The highest BCUT2D eigenvalue weighted by atomic mass is 19.1. The Morgan fingerprint density at radius 1 is 1.50 bits per heavy atom. The minimum Gasteiger partial charge on any atom is -0.378 e. The molecule has 1 aromatic rings. The molecule has 0 saturated heterocycles. The molecule has 1 aromatic carbocycles. The lowest BCUT2D eigenvalue weighted by Crippen LogP contribution is -2.10. The number of hydrogen-bond donors (Lipinski definition) is 2. The SMILES string of the molecule is O=C1Nc2c(F)cccc2C1O. The van der Waals surface area contributed by atoms with E-state index in [1.54, 1.807) is 0 Å². The van der Waals surface area contributed by atoms with Crippen LogP contribution in [0.15, 0.2) is 18.2 Å². The van der Waals surface area contributed by atoms with E-state index in [9.17, 15) is 14.3 Å². The van der Waals surface area contributed by atoms with Crippen LogP contribution in [0.5, 0.6) is 0 Å². The van der Waals surface area contributed by atoms with Gasteiger partial charge in [-0.2, -0.15) is 0 Å². The van der Waals surface area contributed by atoms with Crippen LogP contribution in [0.25, 0.3) is 0 Å². The maximum atomic E-state index is 12.9. The van der Waals surface area contributed by atoms with Crippen molar-refractivity contribution in [2.75, 3.05) is 5.32 Å². The highest BCUT2D eigenvalue weighted by molar-refractivity contribution is 6.01. The molecule has 0 aromatic heterocycles. The first-order chi connectivity index (χ1) is 5.70. The average molecular weight is 167 g/mol. The van der Waals surface area contributed by atoms with Crippen molar-refractivity contribution in [2.24, 2.45) is 0 Å². The molecule has 2 N–H and O–H groups in total. The van der Waals surface area contributed by atoms with Crippen LogP contribution in [0.3, 0.4) is 0 Å². The first-order valence-electron chi connectivity index (χ1n) is 3.47. The number of para-hydroxylation sites is 1. The molecule has 1 atom stereocenters. The van der Waals surface area contributed by atoms with Crippen molar-refractivity contribution in [3.8, 4) is 0 Å². The largest absolute Gasteiger partial charge is 0.378 e. The van der Waals surface area contributed by atoms with Crippen molar-refractivity contribution >= 4 is 11.6 Å². The lowest BCUT2D eigenvalue weighted by atomic mass is 10.1. The standard InChI is InChI=1S/C8H6FNO2/c9-5-3-1-2-4-6(5)10-8(12)7(4)11/h1-3,7,11H,(H,10,12). The van der Waals surface area contributed by atoms with Gasteiger partial charge in [-0.3, -0.25) is 4.79 Å². The molecule has 1 amide bonds. The van der Waals surface area contributed by atoms with E-state index in [0.29, 0.717) is 5.56 Å². The van der Waals surface area contributed by atoms with Gasteiger partial charge in [-0.15, -0.1) is 0 Å². The maximum Gasteiger partial charge on any atom is 0.258 e. The molecule has 3 nitrogen and oxygen atoms in total. The van der Waals surface area contributed by atoms with Gasteiger partial charge in [0, 0.05) is 5.56 Å². The van der Waals surface area contributed by atoms with Crippen molar-refractivity contribution in [2.45, 2.75) is 6.10 Å². The van der Waals surface area contributed by atoms with E-state index in [1.165, 1.54) is 18.2 Å². The summed E-state index contributed by atoms with van der Waals surface area (Å²) in [5.41, 5.74) is 0.398. The smallest absolute Gasteiger partial charge is 0.258 e. The van der Waals surface area contributed by atoms with Crippen LogP contribution in [0.1, 0.15) is 11.7 Å². The third kappa shape index (κ3) is 0.816. The van der Waals surface area contributed by atoms with Crippen LogP contribution in [0.2, 0.25) is 0 Å². The Labute approximate surface area is 67.8 Å². The fourth-order valence-electron chi connectivity index (χ4n) is 1.23. The van der Waals surface area contributed by atoms with Gasteiger partial charge in [0.25, 0.3) is 5.91 Å². The van der Waals surface area contributed by atoms with Gasteiger partial charge in [0.15, 0.2) is 6.10 Å². The van der Waals surface area contributed by atoms with E-state index in [-0.39, 0.29) is 5.69 Å². The summed E-state index contributed by atoms with van der Waals surface area (Å²) in [6.07, 6.45) is -1.23. The molecule has 1 unspecified atom stereocenters. The minimum absolute atomic E-state index is 0.0926. The molecule has 0 aliphatic carbocycles. The predicted octanol–water partition coefficient (Wildman–Crippen LogP) is 0.811. The number of carbonyl (C=O) groups excluding carboxylic acids is 1. The number of rotatable bonds is 0. The van der Waals surface area contributed by atoms with Crippen LogP contribution >= 0.6 is 0 Å². The van der Waals surface area contributed by atoms with Gasteiger partial charge in [-0.25, -0.2) is 4.39 Å². The van der Waals surface area contributed by atoms with Crippen LogP contribution in [0, 0.1) is 5.82 Å². The Morgan fingerprint density at radius 2 is 2.25 bits per heavy atom. The molecule has 0 radical (unpaired) electrons. The van der Waals surface area contributed by atoms with E-state index in [1.807, 2.05) is 0 Å². The van der Waals surface area contributed by atoms with Gasteiger partial charge >= 0.3 is 0 Å². The van der Waals surface area contributed by atoms with Gasteiger partial charge in [-0.05, 0) is 6.07 Å². The second-order valence-corrected chi connectivity index (χ2v) is 2.60. The zero-order valence-electron chi connectivity index (χ0n) is 6.04. The predicted molar refractivity (Wildman–Crippen MR) is 40.0 cm³/mol. The number of amides is 1. The Kier molecular flexibility index (Phi) is 1.38. The molecule has 1 aliphatic rings. The van der Waals surface area contributed by atoms with Crippen molar-refractivity contribution in [3.63, 3.8) is 0 Å². The summed E-state index contributed by atoms with van der Waals surface area (Å²) >= 11 is 0. The number of carbonyl (C=O) groups is 1. The van der Waals surface area contributed by atoms with Gasteiger partial charge in [-0.1, -0.05) is 12.1 Å². The van der Waals surface area contributed by atoms with E-state index in [4.69, 9.17) is 0 Å². The van der Waals surface area contributed by atoms with Crippen molar-refractivity contribution in [1.29, 1.82) is 0 Å². The molecular formula is C8H6FNO2. The Bertz CT molecular complexity index is 351. The Balaban J connectivity index is 2.60. The average Bonchev–Trinajstić information content (AvgIpc) is 2.32. The summed E-state index contributed by atoms with van der Waals surface area (Å²) in [5.74, 6) is -1.09. The first kappa shape index (κ1) is 7.24. The van der Waals surface area contributed by atoms with Crippen LogP contribution in [-0.2, 0) is 4.79 Å². The monoisotopic (exact) mass is 167 g/mol. The molecule has 0 saturated carbocycles. The Hall–Kier alpha value is -1.42. The second-order valence-electron chi connectivity index (χ2n) is 2.60. The molecule has 1 heterocycles. The summed E-state index contributed by atoms with van der Waals surface area (Å²) in [5, 5.41) is 11.4. The number of aliphatic hydroxyl groups excluding tert-OH is 1. The fourth-order valence-corrected chi connectivity index (χ4v) is 1.23. The number of fused-ring (bicyclic) bond motifs is 1. The molecule has 4 heteroatoms. The second kappa shape index (κ2) is 2.28. The zero-order valence-corrected chi connectivity index (χ0v) is 6.04. The maximum absolute atomic E-state index is 12.9. The number of aliphatic hydroxyl groups is 1. The quantitative estimate of drug-likeness (QED) is 0.600. The Morgan fingerprint density at radius 3 is 2.92 bits per heavy atom. The molecule has 0 bridgehead atoms. The van der Waals surface area contributed by atoms with E-state index in [0.717, 1.165) is 0 Å². The molecule has 12 heavy (non-hydrogen) atoms. The highest BCUT2D eigenvalue weighted by Gasteiger charge is 2.30. The van der Waals surface area contributed by atoms with Crippen molar-refractivity contribution < 1.29 is 14.3 Å². The minimum atomic E-state index is -1.23. The molecular weight excluding hydrogens is 161 g/mol. The van der Waals surface area contributed by atoms with Gasteiger partial charge in [0.1, 0.15) is 5.82 Å². The zero-order chi connectivity index (χ0) is 8.72. The summed E-state index contributed by atoms with van der Waals surface area (Å²) in [7, 11) is 0. The third-order valence-corrected chi connectivity index (χ3v) is 1.84. The number of halogens is 1. The highest BCUT2D eigenvalue weighted by Crippen LogP contribution is 2.32. The summed E-state index contributed by atoms with van der Waals surface area (Å²) in [4.78, 5) is 10.9. The first-order valence-corrected chi connectivity index (χ1v) is 3.47. The fraction of sp³-hybridized carbons (Fsp3) is 0.125. The number of anilines is 1. The van der Waals surface area contributed by atoms with Gasteiger partial charge in [0.2, 0.25) is 0 Å². The number of benzene rings is 1.